The molecule has 0 aliphatic rings. The van der Waals surface area contributed by atoms with Crippen LogP contribution in [0.1, 0.15) is 0 Å². The van der Waals surface area contributed by atoms with Crippen molar-refractivity contribution in [1.29, 1.82) is 0 Å². The molecule has 2 N–H and O–H groups in total. The summed E-state index contributed by atoms with van der Waals surface area (Å²) in [6.45, 7) is 0. The van der Waals surface area contributed by atoms with Crippen LogP contribution in [0.3, 0.4) is 0 Å². The third-order valence-corrected chi connectivity index (χ3v) is 2.47. The number of rotatable bonds is 2. The molecule has 0 unspecified atom stereocenters. The summed E-state index contributed by atoms with van der Waals surface area (Å²) in [4.78, 5) is 0. The number of hydrogen-bond donors (Lipinski definition) is 2. The lowest BCUT2D eigenvalue weighted by atomic mass is 10.2. The molecule has 1 rings (SSSR count). The van der Waals surface area contributed by atoms with Crippen LogP contribution in [-0.2, 0) is 0 Å². The number of benzene rings is 1. The summed E-state index contributed by atoms with van der Waals surface area (Å²) in [5.74, 6) is -1.18. The first-order valence-corrected chi connectivity index (χ1v) is 4.31. The molecule has 0 aliphatic heterocycles. The van der Waals surface area contributed by atoms with E-state index in [0.29, 0.717) is 0 Å². The third kappa shape index (κ3) is 1.51. The predicted octanol–water partition coefficient (Wildman–Crippen LogP) is 2.42. The van der Waals surface area contributed by atoms with E-state index < -0.39 is 11.5 Å². The van der Waals surface area contributed by atoms with Crippen LogP contribution in [0, 0.1) is 0 Å². The van der Waals surface area contributed by atoms with Crippen molar-refractivity contribution in [3.8, 4) is 23.0 Å². The molecule has 14 heavy (non-hydrogen) atoms. The molecule has 78 valence electrons. The Kier molecular flexibility index (Phi) is 3.18. The van der Waals surface area contributed by atoms with Gasteiger partial charge >= 0.3 is 0 Å². The SMILES string of the molecule is COc1c(O)c(O)c(OC)c(Cl)c1Cl. The molecule has 1 aromatic carbocycles. The van der Waals surface area contributed by atoms with Gasteiger partial charge in [0.25, 0.3) is 0 Å². The van der Waals surface area contributed by atoms with Crippen LogP contribution in [-0.4, -0.2) is 24.4 Å². The van der Waals surface area contributed by atoms with Crippen molar-refractivity contribution < 1.29 is 19.7 Å². The molecule has 6 heteroatoms. The Balaban J connectivity index is 3.55. The molecule has 4 nitrogen and oxygen atoms in total. The van der Waals surface area contributed by atoms with Gasteiger partial charge in [0.05, 0.1) is 14.2 Å². The summed E-state index contributed by atoms with van der Waals surface area (Å²) >= 11 is 11.5. The van der Waals surface area contributed by atoms with Crippen molar-refractivity contribution in [1.82, 2.24) is 0 Å². The summed E-state index contributed by atoms with van der Waals surface area (Å²) in [6.07, 6.45) is 0. The lowest BCUT2D eigenvalue weighted by molar-refractivity contribution is 0.328. The van der Waals surface area contributed by atoms with Gasteiger partial charge < -0.3 is 19.7 Å². The Morgan fingerprint density at radius 2 is 1.14 bits per heavy atom. The fraction of sp³-hybridized carbons (Fsp3) is 0.250. The van der Waals surface area contributed by atoms with Gasteiger partial charge in [-0.25, -0.2) is 0 Å². The molecule has 0 aliphatic carbocycles. The van der Waals surface area contributed by atoms with E-state index in [1.807, 2.05) is 0 Å². The minimum atomic E-state index is -0.501. The minimum absolute atomic E-state index is 0.0127. The van der Waals surface area contributed by atoms with E-state index in [0.717, 1.165) is 0 Å². The average molecular weight is 239 g/mol. The molecule has 0 saturated heterocycles. The quantitative estimate of drug-likeness (QED) is 0.778. The fourth-order valence-corrected chi connectivity index (χ4v) is 1.50. The van der Waals surface area contributed by atoms with Crippen molar-refractivity contribution in [2.75, 3.05) is 14.2 Å². The van der Waals surface area contributed by atoms with Crippen LogP contribution < -0.4 is 9.47 Å². The molecule has 0 amide bonds. The summed E-state index contributed by atoms with van der Waals surface area (Å²) in [5.41, 5.74) is 0. The highest BCUT2D eigenvalue weighted by atomic mass is 35.5. The van der Waals surface area contributed by atoms with Crippen molar-refractivity contribution in [3.63, 3.8) is 0 Å². The van der Waals surface area contributed by atoms with Gasteiger partial charge in [0.2, 0.25) is 11.5 Å². The zero-order valence-electron chi connectivity index (χ0n) is 7.47. The van der Waals surface area contributed by atoms with Crippen LogP contribution in [0.5, 0.6) is 23.0 Å². The van der Waals surface area contributed by atoms with Crippen LogP contribution in [0.4, 0.5) is 0 Å². The Morgan fingerprint density at radius 3 is 1.36 bits per heavy atom. The van der Waals surface area contributed by atoms with Crippen LogP contribution >= 0.6 is 23.2 Å². The standard InChI is InChI=1S/C8H8Cl2O4/c1-13-7-3(9)4(10)8(14-2)6(12)5(7)11/h11-12H,1-2H3. The number of aromatic hydroxyl groups is 2. The molecular weight excluding hydrogens is 231 g/mol. The largest absolute Gasteiger partial charge is 0.502 e. The second-order valence-electron chi connectivity index (χ2n) is 2.39. The van der Waals surface area contributed by atoms with Gasteiger partial charge in [0.1, 0.15) is 10.0 Å². The first-order valence-electron chi connectivity index (χ1n) is 3.55. The molecule has 1 aromatic rings. The van der Waals surface area contributed by atoms with Gasteiger partial charge in [-0.15, -0.1) is 0 Å². The van der Waals surface area contributed by atoms with E-state index >= 15 is 0 Å². The molecule has 0 bridgehead atoms. The van der Waals surface area contributed by atoms with E-state index in [1.54, 1.807) is 0 Å². The molecule has 0 saturated carbocycles. The van der Waals surface area contributed by atoms with E-state index in [-0.39, 0.29) is 21.5 Å². The van der Waals surface area contributed by atoms with Crippen LogP contribution in [0.2, 0.25) is 10.0 Å². The summed E-state index contributed by atoms with van der Waals surface area (Å²) in [7, 11) is 2.59. The summed E-state index contributed by atoms with van der Waals surface area (Å²) < 4.78 is 9.51. The maximum atomic E-state index is 9.42. The minimum Gasteiger partial charge on any atom is -0.502 e. The molecule has 0 spiro atoms. The number of phenols is 2. The first-order chi connectivity index (χ1) is 6.54. The highest BCUT2D eigenvalue weighted by Gasteiger charge is 2.22. The monoisotopic (exact) mass is 238 g/mol. The van der Waals surface area contributed by atoms with Crippen LogP contribution in [0.25, 0.3) is 0 Å². The van der Waals surface area contributed by atoms with Gasteiger partial charge in [-0.3, -0.25) is 0 Å². The topological polar surface area (TPSA) is 58.9 Å². The van der Waals surface area contributed by atoms with E-state index in [1.165, 1.54) is 14.2 Å². The van der Waals surface area contributed by atoms with Gasteiger partial charge in [0, 0.05) is 0 Å². The molecule has 0 radical (unpaired) electrons. The Bertz CT molecular complexity index is 301. The van der Waals surface area contributed by atoms with E-state index in [2.05, 4.69) is 0 Å². The predicted molar refractivity (Wildman–Crippen MR) is 52.9 cm³/mol. The molecule has 0 fully saturated rings. The van der Waals surface area contributed by atoms with Crippen molar-refractivity contribution in [3.05, 3.63) is 10.0 Å². The highest BCUT2D eigenvalue weighted by Crippen LogP contribution is 2.52. The first kappa shape index (κ1) is 11.1. The number of phenolic OH excluding ortho intramolecular Hbond substituents is 2. The molecule has 0 heterocycles. The van der Waals surface area contributed by atoms with Gasteiger partial charge in [-0.2, -0.15) is 0 Å². The number of methoxy groups -OCH3 is 2. The lowest BCUT2D eigenvalue weighted by Crippen LogP contribution is -1.91. The van der Waals surface area contributed by atoms with E-state index in [4.69, 9.17) is 32.7 Å². The van der Waals surface area contributed by atoms with Gasteiger partial charge in [-0.1, -0.05) is 23.2 Å². The Morgan fingerprint density at radius 1 is 0.857 bits per heavy atom. The Hall–Kier alpha value is -1.00. The second-order valence-corrected chi connectivity index (χ2v) is 3.15. The lowest BCUT2D eigenvalue weighted by Gasteiger charge is -2.12. The molecular formula is C8H8Cl2O4. The summed E-state index contributed by atoms with van der Waals surface area (Å²) in [6, 6.07) is 0. The fourth-order valence-electron chi connectivity index (χ4n) is 0.995. The smallest absolute Gasteiger partial charge is 0.206 e. The zero-order chi connectivity index (χ0) is 10.9. The van der Waals surface area contributed by atoms with Crippen molar-refractivity contribution >= 4 is 23.2 Å². The average Bonchev–Trinajstić information content (AvgIpc) is 2.17. The highest BCUT2D eigenvalue weighted by molar-refractivity contribution is 6.44. The van der Waals surface area contributed by atoms with Crippen molar-refractivity contribution in [2.45, 2.75) is 0 Å². The second kappa shape index (κ2) is 4.02. The van der Waals surface area contributed by atoms with E-state index in [9.17, 15) is 10.2 Å². The third-order valence-electron chi connectivity index (χ3n) is 1.65. The summed E-state index contributed by atoms with van der Waals surface area (Å²) in [5, 5.41) is 18.8. The van der Waals surface area contributed by atoms with Crippen LogP contribution in [0.15, 0.2) is 0 Å². The number of hydrogen-bond acceptors (Lipinski definition) is 4. The Labute approximate surface area is 90.6 Å². The normalized spacial score (nSPS) is 10.0. The molecule has 0 aromatic heterocycles. The maximum absolute atomic E-state index is 9.42. The van der Waals surface area contributed by atoms with Gasteiger partial charge in [-0.05, 0) is 0 Å². The van der Waals surface area contributed by atoms with Gasteiger partial charge in [0.15, 0.2) is 11.5 Å². The number of halogens is 2. The maximum Gasteiger partial charge on any atom is 0.206 e. The molecule has 0 atom stereocenters. The zero-order valence-corrected chi connectivity index (χ0v) is 8.98. The van der Waals surface area contributed by atoms with Crippen molar-refractivity contribution in [2.24, 2.45) is 0 Å². The number of ether oxygens (including phenoxy) is 2.